The van der Waals surface area contributed by atoms with Gasteiger partial charge in [0.2, 0.25) is 0 Å². The molecule has 2 atom stereocenters. The number of nitrogens with one attached hydrogen (secondary N) is 2. The maximum absolute atomic E-state index is 9.95. The van der Waals surface area contributed by atoms with Crippen molar-refractivity contribution in [2.24, 2.45) is 0 Å². The van der Waals surface area contributed by atoms with Gasteiger partial charge >= 0.3 is 0 Å². The van der Waals surface area contributed by atoms with E-state index in [1.165, 1.54) is 32.1 Å². The van der Waals surface area contributed by atoms with Gasteiger partial charge < -0.3 is 15.7 Å². The zero-order valence-electron chi connectivity index (χ0n) is 8.84. The largest absolute Gasteiger partial charge is 0.390 e. The summed E-state index contributed by atoms with van der Waals surface area (Å²) >= 11 is 0. The second kappa shape index (κ2) is 5.10. The Kier molecular flexibility index (Phi) is 3.79. The Morgan fingerprint density at radius 2 is 2.07 bits per heavy atom. The van der Waals surface area contributed by atoms with Gasteiger partial charge in [0.05, 0.1) is 6.10 Å². The molecule has 0 amide bonds. The first kappa shape index (κ1) is 10.4. The summed E-state index contributed by atoms with van der Waals surface area (Å²) in [5.74, 6) is 0. The standard InChI is InChI=1S/C11H22N2O/c14-11(8-13-9-5-6-9)10-4-2-1-3-7-12-10/h9-14H,1-8H2. The van der Waals surface area contributed by atoms with Gasteiger partial charge in [-0.2, -0.15) is 0 Å². The summed E-state index contributed by atoms with van der Waals surface area (Å²) < 4.78 is 0. The monoisotopic (exact) mass is 198 g/mol. The Hall–Kier alpha value is -0.120. The molecule has 1 aliphatic carbocycles. The van der Waals surface area contributed by atoms with Crippen LogP contribution in [0.15, 0.2) is 0 Å². The summed E-state index contributed by atoms with van der Waals surface area (Å²) in [6.45, 7) is 1.84. The van der Waals surface area contributed by atoms with Crippen molar-refractivity contribution in [3.05, 3.63) is 0 Å². The van der Waals surface area contributed by atoms with E-state index in [-0.39, 0.29) is 6.10 Å². The summed E-state index contributed by atoms with van der Waals surface area (Å²) in [5, 5.41) is 16.8. The molecular weight excluding hydrogens is 176 g/mol. The van der Waals surface area contributed by atoms with Crippen LogP contribution in [0.4, 0.5) is 0 Å². The molecule has 14 heavy (non-hydrogen) atoms. The molecule has 2 fully saturated rings. The van der Waals surface area contributed by atoms with Crippen LogP contribution in [0.2, 0.25) is 0 Å². The van der Waals surface area contributed by atoms with E-state index >= 15 is 0 Å². The topological polar surface area (TPSA) is 44.3 Å². The van der Waals surface area contributed by atoms with E-state index in [0.717, 1.165) is 19.5 Å². The van der Waals surface area contributed by atoms with E-state index in [1.807, 2.05) is 0 Å². The SMILES string of the molecule is OC(CNC1CC1)C1CCCCCN1. The third kappa shape index (κ3) is 3.23. The molecule has 1 saturated heterocycles. The summed E-state index contributed by atoms with van der Waals surface area (Å²) in [4.78, 5) is 0. The maximum atomic E-state index is 9.95. The molecule has 0 radical (unpaired) electrons. The average molecular weight is 198 g/mol. The molecule has 0 bridgehead atoms. The lowest BCUT2D eigenvalue weighted by molar-refractivity contribution is 0.123. The van der Waals surface area contributed by atoms with Crippen LogP contribution < -0.4 is 10.6 Å². The van der Waals surface area contributed by atoms with Crippen molar-refractivity contribution >= 4 is 0 Å². The van der Waals surface area contributed by atoms with Gasteiger partial charge in [-0.05, 0) is 32.2 Å². The maximum Gasteiger partial charge on any atom is 0.0817 e. The van der Waals surface area contributed by atoms with Gasteiger partial charge in [-0.3, -0.25) is 0 Å². The first-order valence-corrected chi connectivity index (χ1v) is 6.01. The molecule has 0 spiro atoms. The van der Waals surface area contributed by atoms with Gasteiger partial charge in [0.1, 0.15) is 0 Å². The minimum Gasteiger partial charge on any atom is -0.390 e. The predicted molar refractivity (Wildman–Crippen MR) is 57.3 cm³/mol. The summed E-state index contributed by atoms with van der Waals surface area (Å²) in [5.41, 5.74) is 0. The van der Waals surface area contributed by atoms with Crippen molar-refractivity contribution in [1.82, 2.24) is 10.6 Å². The highest BCUT2D eigenvalue weighted by molar-refractivity contribution is 4.85. The van der Waals surface area contributed by atoms with Gasteiger partial charge in [0.15, 0.2) is 0 Å². The van der Waals surface area contributed by atoms with Crippen LogP contribution in [0.25, 0.3) is 0 Å². The lowest BCUT2D eigenvalue weighted by Crippen LogP contribution is -2.45. The molecule has 1 heterocycles. The van der Waals surface area contributed by atoms with E-state index in [2.05, 4.69) is 10.6 Å². The highest BCUT2D eigenvalue weighted by Gasteiger charge is 2.24. The third-order valence-corrected chi connectivity index (χ3v) is 3.26. The Morgan fingerprint density at radius 1 is 1.21 bits per heavy atom. The molecule has 1 saturated carbocycles. The van der Waals surface area contributed by atoms with Crippen molar-refractivity contribution in [1.29, 1.82) is 0 Å². The Labute approximate surface area is 86.3 Å². The summed E-state index contributed by atoms with van der Waals surface area (Å²) in [6.07, 6.45) is 7.36. The van der Waals surface area contributed by atoms with Gasteiger partial charge in [-0.1, -0.05) is 12.8 Å². The zero-order chi connectivity index (χ0) is 9.80. The number of aliphatic hydroxyl groups excluding tert-OH is 1. The number of hydrogen-bond donors (Lipinski definition) is 3. The molecule has 1 aliphatic heterocycles. The Balaban J connectivity index is 1.67. The molecule has 0 aromatic heterocycles. The van der Waals surface area contributed by atoms with E-state index in [9.17, 15) is 5.11 Å². The Morgan fingerprint density at radius 3 is 2.86 bits per heavy atom. The quantitative estimate of drug-likeness (QED) is 0.621. The van der Waals surface area contributed by atoms with Gasteiger partial charge in [0, 0.05) is 18.6 Å². The summed E-state index contributed by atoms with van der Waals surface area (Å²) in [6, 6.07) is 1.03. The van der Waals surface area contributed by atoms with Gasteiger partial charge in [-0.15, -0.1) is 0 Å². The molecule has 3 nitrogen and oxygen atoms in total. The van der Waals surface area contributed by atoms with E-state index < -0.39 is 0 Å². The van der Waals surface area contributed by atoms with Crippen molar-refractivity contribution in [3.63, 3.8) is 0 Å². The van der Waals surface area contributed by atoms with E-state index in [1.54, 1.807) is 0 Å². The molecule has 0 aromatic rings. The van der Waals surface area contributed by atoms with Crippen LogP contribution in [0.1, 0.15) is 38.5 Å². The smallest absolute Gasteiger partial charge is 0.0817 e. The first-order chi connectivity index (χ1) is 6.86. The Bertz CT molecular complexity index is 163. The molecule has 3 N–H and O–H groups in total. The fourth-order valence-electron chi connectivity index (χ4n) is 2.10. The van der Waals surface area contributed by atoms with Crippen LogP contribution in [-0.4, -0.2) is 36.4 Å². The van der Waals surface area contributed by atoms with Crippen LogP contribution in [-0.2, 0) is 0 Å². The van der Waals surface area contributed by atoms with E-state index in [0.29, 0.717) is 12.1 Å². The van der Waals surface area contributed by atoms with Gasteiger partial charge in [0.25, 0.3) is 0 Å². The van der Waals surface area contributed by atoms with Crippen LogP contribution in [0.5, 0.6) is 0 Å². The predicted octanol–water partition coefficient (Wildman–Crippen LogP) is 0.631. The second-order valence-corrected chi connectivity index (χ2v) is 4.66. The third-order valence-electron chi connectivity index (χ3n) is 3.26. The molecule has 2 rings (SSSR count). The lowest BCUT2D eigenvalue weighted by Gasteiger charge is -2.22. The number of hydrogen-bond acceptors (Lipinski definition) is 3. The summed E-state index contributed by atoms with van der Waals surface area (Å²) in [7, 11) is 0. The second-order valence-electron chi connectivity index (χ2n) is 4.66. The molecule has 2 unspecified atom stereocenters. The minimum atomic E-state index is -0.200. The molecule has 2 aliphatic rings. The van der Waals surface area contributed by atoms with E-state index in [4.69, 9.17) is 0 Å². The highest BCUT2D eigenvalue weighted by atomic mass is 16.3. The zero-order valence-corrected chi connectivity index (χ0v) is 8.84. The van der Waals surface area contributed by atoms with Crippen molar-refractivity contribution in [3.8, 4) is 0 Å². The first-order valence-electron chi connectivity index (χ1n) is 6.01. The minimum absolute atomic E-state index is 0.200. The molecule has 3 heteroatoms. The van der Waals surface area contributed by atoms with Crippen molar-refractivity contribution in [2.75, 3.05) is 13.1 Å². The number of aliphatic hydroxyl groups is 1. The van der Waals surface area contributed by atoms with Crippen molar-refractivity contribution in [2.45, 2.75) is 56.7 Å². The molecule has 0 aromatic carbocycles. The van der Waals surface area contributed by atoms with Crippen LogP contribution in [0, 0.1) is 0 Å². The average Bonchev–Trinajstić information content (AvgIpc) is 3.01. The fraction of sp³-hybridized carbons (Fsp3) is 1.00. The van der Waals surface area contributed by atoms with Gasteiger partial charge in [-0.25, -0.2) is 0 Å². The molecular formula is C11H22N2O. The molecule has 82 valence electrons. The normalized spacial score (nSPS) is 31.1. The lowest BCUT2D eigenvalue weighted by atomic mass is 10.1. The van der Waals surface area contributed by atoms with Crippen molar-refractivity contribution < 1.29 is 5.11 Å². The fourth-order valence-corrected chi connectivity index (χ4v) is 2.10. The number of rotatable bonds is 4. The van der Waals surface area contributed by atoms with Crippen LogP contribution >= 0.6 is 0 Å². The highest BCUT2D eigenvalue weighted by Crippen LogP contribution is 2.19. The van der Waals surface area contributed by atoms with Crippen LogP contribution in [0.3, 0.4) is 0 Å².